The van der Waals surface area contributed by atoms with E-state index >= 15 is 0 Å². The van der Waals surface area contributed by atoms with E-state index < -0.39 is 17.8 Å². The van der Waals surface area contributed by atoms with E-state index in [0.717, 1.165) is 32.4 Å². The lowest BCUT2D eigenvalue weighted by Crippen LogP contribution is -2.54. The first-order valence-corrected chi connectivity index (χ1v) is 12.5. The largest absolute Gasteiger partial charge is 0.488 e. The molecular formula is C31H25ClN2O4. The van der Waals surface area contributed by atoms with Crippen LogP contribution >= 0.6 is 11.6 Å². The summed E-state index contributed by atoms with van der Waals surface area (Å²) in [7, 11) is 0. The first-order valence-electron chi connectivity index (χ1n) is 12.1. The van der Waals surface area contributed by atoms with E-state index in [1.807, 2.05) is 62.4 Å². The molecule has 1 fully saturated rings. The molecule has 0 aromatic heterocycles. The SMILES string of the molecule is Cc1ccc(COc2ccc3ccccc3c2/C=C2\C(=O)NC(=O)N(c3ccc(C)c(Cl)c3)C2=O)cc1C. The Morgan fingerprint density at radius 3 is 2.39 bits per heavy atom. The minimum Gasteiger partial charge on any atom is -0.488 e. The second-order valence-corrected chi connectivity index (χ2v) is 9.70. The van der Waals surface area contributed by atoms with Gasteiger partial charge in [0.05, 0.1) is 5.69 Å². The van der Waals surface area contributed by atoms with E-state index in [4.69, 9.17) is 16.3 Å². The number of fused-ring (bicyclic) bond motifs is 1. The summed E-state index contributed by atoms with van der Waals surface area (Å²) in [5.74, 6) is -1.01. The Bertz CT molecular complexity index is 1660. The van der Waals surface area contributed by atoms with Crippen molar-refractivity contribution >= 4 is 52.0 Å². The maximum Gasteiger partial charge on any atom is 0.335 e. The average Bonchev–Trinajstić information content (AvgIpc) is 2.89. The third-order valence-corrected chi connectivity index (χ3v) is 7.11. The van der Waals surface area contributed by atoms with Gasteiger partial charge in [0.1, 0.15) is 17.9 Å². The standard InChI is InChI=1S/C31H25ClN2O4/c1-18-8-10-21(14-20(18)3)17-38-28-13-11-22-6-4-5-7-24(22)25(28)16-26-29(35)33-31(37)34(30(26)36)23-12-9-19(2)27(32)15-23/h4-16H,17H2,1-3H3,(H,33,35,37)/b26-16+. The van der Waals surface area contributed by atoms with Gasteiger partial charge in [-0.15, -0.1) is 0 Å². The van der Waals surface area contributed by atoms with E-state index in [2.05, 4.69) is 18.3 Å². The molecule has 0 saturated carbocycles. The molecule has 190 valence electrons. The number of urea groups is 1. The van der Waals surface area contributed by atoms with Crippen LogP contribution in [0.25, 0.3) is 16.8 Å². The van der Waals surface area contributed by atoms with Crippen molar-refractivity contribution < 1.29 is 19.1 Å². The van der Waals surface area contributed by atoms with E-state index in [1.54, 1.807) is 12.1 Å². The van der Waals surface area contributed by atoms with Gasteiger partial charge in [-0.3, -0.25) is 14.9 Å². The van der Waals surface area contributed by atoms with Crippen LogP contribution in [-0.2, 0) is 16.2 Å². The molecule has 1 saturated heterocycles. The normalized spacial score (nSPS) is 14.8. The van der Waals surface area contributed by atoms with Crippen molar-refractivity contribution in [1.82, 2.24) is 5.32 Å². The van der Waals surface area contributed by atoms with Crippen molar-refractivity contribution in [3.05, 3.63) is 111 Å². The summed E-state index contributed by atoms with van der Waals surface area (Å²) in [5.41, 5.74) is 4.81. The number of carbonyl (C=O) groups excluding carboxylic acids is 3. The summed E-state index contributed by atoms with van der Waals surface area (Å²) < 4.78 is 6.21. The van der Waals surface area contributed by atoms with Crippen molar-refractivity contribution in [3.8, 4) is 5.75 Å². The van der Waals surface area contributed by atoms with Crippen LogP contribution in [0.5, 0.6) is 5.75 Å². The first-order chi connectivity index (χ1) is 18.2. The second-order valence-electron chi connectivity index (χ2n) is 9.30. The number of nitrogens with one attached hydrogen (secondary N) is 1. The lowest BCUT2D eigenvalue weighted by atomic mass is 9.99. The van der Waals surface area contributed by atoms with Crippen LogP contribution in [0.15, 0.2) is 78.4 Å². The van der Waals surface area contributed by atoms with Crippen molar-refractivity contribution in [2.24, 2.45) is 0 Å². The average molecular weight is 525 g/mol. The maximum absolute atomic E-state index is 13.5. The Morgan fingerprint density at radius 2 is 1.63 bits per heavy atom. The third kappa shape index (κ3) is 4.78. The van der Waals surface area contributed by atoms with Crippen LogP contribution in [0.2, 0.25) is 5.02 Å². The molecule has 4 aromatic rings. The van der Waals surface area contributed by atoms with E-state index in [0.29, 0.717) is 22.9 Å². The summed E-state index contributed by atoms with van der Waals surface area (Å²) in [5, 5.41) is 4.40. The number of nitrogens with zero attached hydrogens (tertiary/aromatic N) is 1. The molecule has 0 spiro atoms. The van der Waals surface area contributed by atoms with Gasteiger partial charge >= 0.3 is 6.03 Å². The number of anilines is 1. The Kier molecular flexibility index (Phi) is 6.74. The number of benzene rings is 4. The van der Waals surface area contributed by atoms with Gasteiger partial charge in [-0.1, -0.05) is 66.2 Å². The van der Waals surface area contributed by atoms with Crippen LogP contribution < -0.4 is 15.0 Å². The molecule has 0 bridgehead atoms. The Morgan fingerprint density at radius 1 is 0.868 bits per heavy atom. The van der Waals surface area contributed by atoms with Crippen molar-refractivity contribution in [2.75, 3.05) is 4.90 Å². The maximum atomic E-state index is 13.5. The van der Waals surface area contributed by atoms with Crippen molar-refractivity contribution in [3.63, 3.8) is 0 Å². The molecule has 7 heteroatoms. The Hall–Kier alpha value is -4.42. The zero-order valence-electron chi connectivity index (χ0n) is 21.2. The summed E-state index contributed by atoms with van der Waals surface area (Å²) >= 11 is 6.25. The summed E-state index contributed by atoms with van der Waals surface area (Å²) in [6.45, 7) is 6.23. The number of aryl methyl sites for hydroxylation is 3. The molecule has 4 amide bonds. The fraction of sp³-hybridized carbons (Fsp3) is 0.129. The Balaban J connectivity index is 1.57. The number of halogens is 1. The number of carbonyl (C=O) groups is 3. The summed E-state index contributed by atoms with van der Waals surface area (Å²) in [4.78, 5) is 40.0. The molecule has 1 aliphatic rings. The quantitative estimate of drug-likeness (QED) is 0.234. The first kappa shape index (κ1) is 25.2. The molecule has 1 aliphatic heterocycles. The molecule has 0 radical (unpaired) electrons. The Labute approximate surface area is 225 Å². The predicted molar refractivity (Wildman–Crippen MR) is 149 cm³/mol. The van der Waals surface area contributed by atoms with Crippen molar-refractivity contribution in [2.45, 2.75) is 27.4 Å². The van der Waals surface area contributed by atoms with Gasteiger partial charge in [-0.25, -0.2) is 9.69 Å². The number of hydrogen-bond donors (Lipinski definition) is 1. The molecule has 1 heterocycles. The number of imide groups is 2. The molecule has 1 N–H and O–H groups in total. The number of barbiturate groups is 1. The molecule has 38 heavy (non-hydrogen) atoms. The minimum absolute atomic E-state index is 0.186. The highest BCUT2D eigenvalue weighted by atomic mass is 35.5. The summed E-state index contributed by atoms with van der Waals surface area (Å²) in [6, 6.07) is 21.5. The molecule has 0 aliphatic carbocycles. The lowest BCUT2D eigenvalue weighted by molar-refractivity contribution is -0.122. The molecular weight excluding hydrogens is 500 g/mol. The smallest absolute Gasteiger partial charge is 0.335 e. The van der Waals surface area contributed by atoms with Crippen LogP contribution in [0.4, 0.5) is 10.5 Å². The highest BCUT2D eigenvalue weighted by Gasteiger charge is 2.37. The van der Waals surface area contributed by atoms with E-state index in [-0.39, 0.29) is 11.3 Å². The lowest BCUT2D eigenvalue weighted by Gasteiger charge is -2.27. The fourth-order valence-corrected chi connectivity index (χ4v) is 4.54. The number of rotatable bonds is 5. The summed E-state index contributed by atoms with van der Waals surface area (Å²) in [6.07, 6.45) is 1.49. The van der Waals surface area contributed by atoms with Gasteiger partial charge in [0.25, 0.3) is 11.8 Å². The van der Waals surface area contributed by atoms with Gasteiger partial charge in [-0.05, 0) is 78.1 Å². The zero-order chi connectivity index (χ0) is 27.0. The predicted octanol–water partition coefficient (Wildman–Crippen LogP) is 6.66. The van der Waals surface area contributed by atoms with E-state index in [9.17, 15) is 14.4 Å². The highest BCUT2D eigenvalue weighted by Crippen LogP contribution is 2.33. The van der Waals surface area contributed by atoms with Crippen LogP contribution in [-0.4, -0.2) is 17.8 Å². The molecule has 0 atom stereocenters. The van der Waals surface area contributed by atoms with Crippen LogP contribution in [0, 0.1) is 20.8 Å². The highest BCUT2D eigenvalue weighted by molar-refractivity contribution is 6.40. The van der Waals surface area contributed by atoms with Gasteiger partial charge in [-0.2, -0.15) is 0 Å². The molecule has 0 unspecified atom stereocenters. The van der Waals surface area contributed by atoms with Crippen LogP contribution in [0.3, 0.4) is 0 Å². The minimum atomic E-state index is -0.832. The van der Waals surface area contributed by atoms with Gasteiger partial charge in [0, 0.05) is 10.6 Å². The number of hydrogen-bond acceptors (Lipinski definition) is 4. The van der Waals surface area contributed by atoms with Gasteiger partial charge in [0.15, 0.2) is 0 Å². The van der Waals surface area contributed by atoms with Crippen LogP contribution in [0.1, 0.15) is 27.8 Å². The van der Waals surface area contributed by atoms with E-state index in [1.165, 1.54) is 17.7 Å². The monoisotopic (exact) mass is 524 g/mol. The molecule has 5 rings (SSSR count). The third-order valence-electron chi connectivity index (χ3n) is 6.70. The zero-order valence-corrected chi connectivity index (χ0v) is 21.9. The topological polar surface area (TPSA) is 75.7 Å². The molecule has 6 nitrogen and oxygen atoms in total. The fourth-order valence-electron chi connectivity index (χ4n) is 4.36. The molecule has 4 aromatic carbocycles. The number of ether oxygens (including phenoxy) is 1. The van der Waals surface area contributed by atoms with Gasteiger partial charge in [0.2, 0.25) is 0 Å². The van der Waals surface area contributed by atoms with Crippen molar-refractivity contribution in [1.29, 1.82) is 0 Å². The second kappa shape index (κ2) is 10.1. The van der Waals surface area contributed by atoms with Gasteiger partial charge < -0.3 is 4.74 Å². The number of amides is 4.